The number of pyridine rings is 1. The van der Waals surface area contributed by atoms with Crippen molar-refractivity contribution in [2.45, 2.75) is 29.8 Å². The molecule has 0 bridgehead atoms. The Bertz CT molecular complexity index is 1090. The minimum atomic E-state index is 0.338. The standard InChI is InChI=1S/C19H18N6S2/c1-2-24-16-8-4-3-7-15(16)21-18(24)26-11-14-12-27-19-23-22-17(25(14)19)13-6-5-9-20-10-13/h3-10,14H,2,11-12H2,1H3. The Hall–Kier alpha value is -2.32. The molecule has 3 aromatic heterocycles. The molecule has 136 valence electrons. The van der Waals surface area contributed by atoms with Gasteiger partial charge in [-0.1, -0.05) is 35.7 Å². The van der Waals surface area contributed by atoms with E-state index in [0.29, 0.717) is 6.04 Å². The number of imidazole rings is 1. The number of rotatable bonds is 5. The first kappa shape index (κ1) is 16.8. The highest BCUT2D eigenvalue weighted by Crippen LogP contribution is 2.39. The summed E-state index contributed by atoms with van der Waals surface area (Å²) in [6.07, 6.45) is 3.63. The van der Waals surface area contributed by atoms with Crippen LogP contribution in [0.4, 0.5) is 0 Å². The fourth-order valence-corrected chi connectivity index (χ4v) is 5.79. The van der Waals surface area contributed by atoms with Crippen molar-refractivity contribution in [3.8, 4) is 11.4 Å². The summed E-state index contributed by atoms with van der Waals surface area (Å²) in [6.45, 7) is 3.09. The minimum Gasteiger partial charge on any atom is -0.319 e. The Labute approximate surface area is 165 Å². The molecule has 1 unspecified atom stereocenters. The van der Waals surface area contributed by atoms with Gasteiger partial charge in [0.15, 0.2) is 16.1 Å². The Kier molecular flexibility index (Phi) is 4.37. The van der Waals surface area contributed by atoms with Gasteiger partial charge in [0.05, 0.1) is 17.1 Å². The molecule has 6 nitrogen and oxygen atoms in total. The smallest absolute Gasteiger partial charge is 0.191 e. The monoisotopic (exact) mass is 394 g/mol. The molecule has 0 saturated carbocycles. The molecule has 0 N–H and O–H groups in total. The number of aryl methyl sites for hydroxylation is 1. The van der Waals surface area contributed by atoms with Crippen molar-refractivity contribution >= 4 is 34.6 Å². The van der Waals surface area contributed by atoms with Crippen molar-refractivity contribution < 1.29 is 0 Å². The first-order valence-electron chi connectivity index (χ1n) is 8.91. The summed E-state index contributed by atoms with van der Waals surface area (Å²) in [6, 6.07) is 12.6. The van der Waals surface area contributed by atoms with Crippen molar-refractivity contribution in [1.29, 1.82) is 0 Å². The second-order valence-corrected chi connectivity index (χ2v) is 8.30. The lowest BCUT2D eigenvalue weighted by Crippen LogP contribution is -2.12. The molecule has 8 heteroatoms. The largest absolute Gasteiger partial charge is 0.319 e. The van der Waals surface area contributed by atoms with E-state index in [1.165, 1.54) is 5.52 Å². The van der Waals surface area contributed by atoms with Crippen molar-refractivity contribution in [3.05, 3.63) is 48.8 Å². The van der Waals surface area contributed by atoms with Crippen LogP contribution in [0.1, 0.15) is 13.0 Å². The quantitative estimate of drug-likeness (QED) is 0.474. The predicted octanol–water partition coefficient (Wildman–Crippen LogP) is 4.15. The molecule has 0 saturated heterocycles. The van der Waals surface area contributed by atoms with Gasteiger partial charge in [0.25, 0.3) is 0 Å². The first-order chi connectivity index (χ1) is 13.3. The number of para-hydroxylation sites is 2. The molecule has 1 aliphatic rings. The summed E-state index contributed by atoms with van der Waals surface area (Å²) in [5.41, 5.74) is 3.27. The summed E-state index contributed by atoms with van der Waals surface area (Å²) < 4.78 is 4.55. The molecule has 0 spiro atoms. The van der Waals surface area contributed by atoms with Gasteiger partial charge in [0, 0.05) is 36.0 Å². The van der Waals surface area contributed by atoms with Crippen LogP contribution in [0, 0.1) is 0 Å². The lowest BCUT2D eigenvalue weighted by molar-refractivity contribution is 0.595. The summed E-state index contributed by atoms with van der Waals surface area (Å²) >= 11 is 3.58. The van der Waals surface area contributed by atoms with Crippen molar-refractivity contribution in [2.24, 2.45) is 0 Å². The number of aromatic nitrogens is 6. The number of hydrogen-bond donors (Lipinski definition) is 0. The van der Waals surface area contributed by atoms with Crippen molar-refractivity contribution in [2.75, 3.05) is 11.5 Å². The van der Waals surface area contributed by atoms with E-state index in [1.807, 2.05) is 36.2 Å². The van der Waals surface area contributed by atoms with E-state index in [9.17, 15) is 0 Å². The fraction of sp³-hybridized carbons (Fsp3) is 0.263. The maximum Gasteiger partial charge on any atom is 0.191 e. The van der Waals surface area contributed by atoms with Gasteiger partial charge in [0.2, 0.25) is 0 Å². The van der Waals surface area contributed by atoms with Gasteiger partial charge in [-0.05, 0) is 31.2 Å². The van der Waals surface area contributed by atoms with Crippen LogP contribution in [0.5, 0.6) is 0 Å². The van der Waals surface area contributed by atoms with E-state index in [0.717, 1.165) is 45.3 Å². The SMILES string of the molecule is CCn1c(SCC2CSc3nnc(-c4cccnc4)n32)nc2ccccc21. The maximum absolute atomic E-state index is 4.84. The Balaban J connectivity index is 1.43. The molecular weight excluding hydrogens is 376 g/mol. The van der Waals surface area contributed by atoms with Gasteiger partial charge in [0.1, 0.15) is 0 Å². The van der Waals surface area contributed by atoms with Crippen LogP contribution in [0.2, 0.25) is 0 Å². The van der Waals surface area contributed by atoms with Gasteiger partial charge in [-0.25, -0.2) is 4.98 Å². The second-order valence-electron chi connectivity index (χ2n) is 6.32. The van der Waals surface area contributed by atoms with Crippen LogP contribution in [-0.2, 0) is 6.54 Å². The molecule has 1 aromatic carbocycles. The summed E-state index contributed by atoms with van der Waals surface area (Å²) in [5, 5.41) is 10.8. The molecular formula is C19H18N6S2. The molecule has 0 amide bonds. The third-order valence-electron chi connectivity index (χ3n) is 4.69. The third kappa shape index (κ3) is 2.93. The van der Waals surface area contributed by atoms with Gasteiger partial charge in [-0.15, -0.1) is 10.2 Å². The lowest BCUT2D eigenvalue weighted by atomic mass is 10.2. The van der Waals surface area contributed by atoms with E-state index in [-0.39, 0.29) is 0 Å². The van der Waals surface area contributed by atoms with Crippen LogP contribution < -0.4 is 0 Å². The minimum absolute atomic E-state index is 0.338. The number of benzene rings is 1. The number of hydrogen-bond acceptors (Lipinski definition) is 6. The number of fused-ring (bicyclic) bond motifs is 2. The summed E-state index contributed by atoms with van der Waals surface area (Å²) in [7, 11) is 0. The molecule has 0 radical (unpaired) electrons. The van der Waals surface area contributed by atoms with Crippen molar-refractivity contribution in [1.82, 2.24) is 29.3 Å². The average Bonchev–Trinajstić information content (AvgIpc) is 3.40. The van der Waals surface area contributed by atoms with Crippen LogP contribution in [0.15, 0.2) is 59.1 Å². The normalized spacial score (nSPS) is 16.1. The van der Waals surface area contributed by atoms with Gasteiger partial charge >= 0.3 is 0 Å². The highest BCUT2D eigenvalue weighted by atomic mass is 32.2. The molecule has 5 rings (SSSR count). The zero-order valence-electron chi connectivity index (χ0n) is 14.8. The summed E-state index contributed by atoms with van der Waals surface area (Å²) in [5.74, 6) is 2.85. The molecule has 0 fully saturated rings. The first-order valence-corrected chi connectivity index (χ1v) is 10.9. The van der Waals surface area contributed by atoms with Gasteiger partial charge in [-0.2, -0.15) is 0 Å². The maximum atomic E-state index is 4.84. The molecule has 0 aliphatic carbocycles. The predicted molar refractivity (Wildman–Crippen MR) is 109 cm³/mol. The molecule has 1 atom stereocenters. The molecule has 4 heterocycles. The third-order valence-corrected chi connectivity index (χ3v) is 6.90. The zero-order valence-corrected chi connectivity index (χ0v) is 16.5. The number of thioether (sulfide) groups is 2. The molecule has 27 heavy (non-hydrogen) atoms. The fourth-order valence-electron chi connectivity index (χ4n) is 3.40. The Morgan fingerprint density at radius 2 is 2.11 bits per heavy atom. The van der Waals surface area contributed by atoms with E-state index in [4.69, 9.17) is 4.98 Å². The average molecular weight is 395 g/mol. The van der Waals surface area contributed by atoms with E-state index in [1.54, 1.807) is 18.0 Å². The van der Waals surface area contributed by atoms with Crippen LogP contribution in [0.3, 0.4) is 0 Å². The second kappa shape index (κ2) is 7.01. The van der Waals surface area contributed by atoms with Crippen LogP contribution in [-0.4, -0.2) is 40.8 Å². The highest BCUT2D eigenvalue weighted by molar-refractivity contribution is 8.00. The lowest BCUT2D eigenvalue weighted by Gasteiger charge is -2.14. The van der Waals surface area contributed by atoms with Crippen LogP contribution >= 0.6 is 23.5 Å². The topological polar surface area (TPSA) is 61.4 Å². The van der Waals surface area contributed by atoms with Gasteiger partial charge < -0.3 is 4.57 Å². The van der Waals surface area contributed by atoms with Crippen LogP contribution in [0.25, 0.3) is 22.4 Å². The molecule has 1 aliphatic heterocycles. The Morgan fingerprint density at radius 1 is 1.19 bits per heavy atom. The number of nitrogens with zero attached hydrogens (tertiary/aromatic N) is 6. The van der Waals surface area contributed by atoms with E-state index in [2.05, 4.69) is 49.4 Å². The van der Waals surface area contributed by atoms with Gasteiger partial charge in [-0.3, -0.25) is 9.55 Å². The zero-order chi connectivity index (χ0) is 18.2. The van der Waals surface area contributed by atoms with E-state index >= 15 is 0 Å². The summed E-state index contributed by atoms with van der Waals surface area (Å²) in [4.78, 5) is 9.06. The highest BCUT2D eigenvalue weighted by Gasteiger charge is 2.29. The molecule has 4 aromatic rings. The van der Waals surface area contributed by atoms with Crippen molar-refractivity contribution in [3.63, 3.8) is 0 Å². The Morgan fingerprint density at radius 3 is 2.96 bits per heavy atom. The van der Waals surface area contributed by atoms with E-state index < -0.39 is 0 Å².